The minimum atomic E-state index is -2.06. The van der Waals surface area contributed by atoms with Gasteiger partial charge in [-0.15, -0.1) is 0 Å². The number of nitrogens with two attached hydrogens (primary N) is 1. The second-order valence-electron chi connectivity index (χ2n) is 4.08. The Bertz CT molecular complexity index is 253. The van der Waals surface area contributed by atoms with Crippen LogP contribution < -0.4 is 5.73 Å². The number of hydrogen-bond acceptors (Lipinski definition) is 4. The molecule has 0 saturated heterocycles. The van der Waals surface area contributed by atoms with Gasteiger partial charge in [-0.2, -0.15) is 0 Å². The Morgan fingerprint density at radius 2 is 1.73 bits per heavy atom. The van der Waals surface area contributed by atoms with Gasteiger partial charge in [-0.25, -0.2) is 4.79 Å². The van der Waals surface area contributed by atoms with E-state index in [1.165, 1.54) is 0 Å². The Balaban J connectivity index is 4.65. The fourth-order valence-electron chi connectivity index (χ4n) is 1.38. The number of carboxylic acid groups (broad SMARTS) is 2. The summed E-state index contributed by atoms with van der Waals surface area (Å²) < 4.78 is 0. The molecule has 0 bridgehead atoms. The Hall–Kier alpha value is -1.14. The van der Waals surface area contributed by atoms with Crippen molar-refractivity contribution >= 4 is 11.9 Å². The molecular formula is C9H17NO5. The maximum Gasteiger partial charge on any atom is 0.335 e. The third-order valence-corrected chi connectivity index (χ3v) is 2.02. The molecule has 15 heavy (non-hydrogen) atoms. The predicted octanol–water partition coefficient (Wildman–Crippen LogP) is -0.350. The molecule has 0 aromatic rings. The molecule has 0 aromatic heterocycles. The van der Waals surface area contributed by atoms with Gasteiger partial charge >= 0.3 is 11.9 Å². The van der Waals surface area contributed by atoms with Crippen molar-refractivity contribution < 1.29 is 24.9 Å². The molecule has 0 spiro atoms. The molecule has 2 atom stereocenters. The van der Waals surface area contributed by atoms with E-state index in [4.69, 9.17) is 15.9 Å². The SMILES string of the molecule is CC(C)CC(O)(C[C@H](N)C(=O)O)C(=O)O. The zero-order chi connectivity index (χ0) is 12.2. The molecule has 0 aliphatic rings. The number of rotatable bonds is 6. The van der Waals surface area contributed by atoms with E-state index >= 15 is 0 Å². The van der Waals surface area contributed by atoms with Crippen molar-refractivity contribution in [3.05, 3.63) is 0 Å². The Labute approximate surface area is 87.7 Å². The molecule has 6 heteroatoms. The first-order valence-electron chi connectivity index (χ1n) is 4.63. The van der Waals surface area contributed by atoms with Crippen molar-refractivity contribution in [2.24, 2.45) is 11.7 Å². The predicted molar refractivity (Wildman–Crippen MR) is 52.3 cm³/mol. The molecule has 0 heterocycles. The van der Waals surface area contributed by atoms with Crippen LogP contribution in [0.4, 0.5) is 0 Å². The molecule has 0 aliphatic carbocycles. The third-order valence-electron chi connectivity index (χ3n) is 2.02. The molecule has 0 rings (SSSR count). The van der Waals surface area contributed by atoms with Crippen LogP contribution in [0, 0.1) is 5.92 Å². The highest BCUT2D eigenvalue weighted by atomic mass is 16.4. The van der Waals surface area contributed by atoms with Crippen LogP contribution in [0.25, 0.3) is 0 Å². The van der Waals surface area contributed by atoms with Gasteiger partial charge in [-0.1, -0.05) is 13.8 Å². The lowest BCUT2D eigenvalue weighted by molar-refractivity contribution is -0.162. The molecular weight excluding hydrogens is 202 g/mol. The summed E-state index contributed by atoms with van der Waals surface area (Å²) in [6, 6.07) is -1.37. The molecule has 88 valence electrons. The van der Waals surface area contributed by atoms with Gasteiger partial charge in [0.1, 0.15) is 6.04 Å². The van der Waals surface area contributed by atoms with E-state index in [0.717, 1.165) is 0 Å². The number of carbonyl (C=O) groups is 2. The van der Waals surface area contributed by atoms with Crippen molar-refractivity contribution in [2.45, 2.75) is 38.3 Å². The van der Waals surface area contributed by atoms with E-state index in [0.29, 0.717) is 0 Å². The van der Waals surface area contributed by atoms with Gasteiger partial charge in [-0.3, -0.25) is 4.79 Å². The van der Waals surface area contributed by atoms with Gasteiger partial charge in [0.05, 0.1) is 0 Å². The summed E-state index contributed by atoms with van der Waals surface area (Å²) in [6.07, 6.45) is -0.515. The van der Waals surface area contributed by atoms with Crippen LogP contribution in [0.15, 0.2) is 0 Å². The molecule has 5 N–H and O–H groups in total. The van der Waals surface area contributed by atoms with Gasteiger partial charge < -0.3 is 21.1 Å². The van der Waals surface area contributed by atoms with Crippen molar-refractivity contribution in [1.29, 1.82) is 0 Å². The molecule has 0 aromatic carbocycles. The summed E-state index contributed by atoms with van der Waals surface area (Å²) in [5.41, 5.74) is 3.13. The Morgan fingerprint density at radius 3 is 2.00 bits per heavy atom. The summed E-state index contributed by atoms with van der Waals surface area (Å²) in [4.78, 5) is 21.3. The standard InChI is InChI=1S/C9H17NO5/c1-5(2)3-9(15,8(13)14)4-6(10)7(11)12/h5-6,15H,3-4,10H2,1-2H3,(H,11,12)(H,13,14)/t6-,9?/m0/s1. The van der Waals surface area contributed by atoms with Crippen molar-refractivity contribution in [1.82, 2.24) is 0 Å². The van der Waals surface area contributed by atoms with E-state index in [1.54, 1.807) is 13.8 Å². The topological polar surface area (TPSA) is 121 Å². The summed E-state index contributed by atoms with van der Waals surface area (Å²) >= 11 is 0. The van der Waals surface area contributed by atoms with Gasteiger partial charge in [0, 0.05) is 6.42 Å². The second kappa shape index (κ2) is 5.09. The minimum Gasteiger partial charge on any atom is -0.480 e. The van der Waals surface area contributed by atoms with Crippen LogP contribution in [-0.2, 0) is 9.59 Å². The summed E-state index contributed by atoms with van der Waals surface area (Å²) in [7, 11) is 0. The van der Waals surface area contributed by atoms with E-state index in [9.17, 15) is 14.7 Å². The summed E-state index contributed by atoms with van der Waals surface area (Å²) in [6.45, 7) is 3.47. The lowest BCUT2D eigenvalue weighted by atomic mass is 9.87. The lowest BCUT2D eigenvalue weighted by Crippen LogP contribution is -2.47. The average Bonchev–Trinajstić information content (AvgIpc) is 2.01. The highest BCUT2D eigenvalue weighted by molar-refractivity contribution is 5.80. The van der Waals surface area contributed by atoms with Crippen LogP contribution in [-0.4, -0.2) is 38.9 Å². The van der Waals surface area contributed by atoms with E-state index in [2.05, 4.69) is 0 Å². The molecule has 0 aliphatic heterocycles. The zero-order valence-electron chi connectivity index (χ0n) is 8.80. The first-order chi connectivity index (χ1) is 6.69. The van der Waals surface area contributed by atoms with Crippen molar-refractivity contribution in [2.75, 3.05) is 0 Å². The number of hydrogen-bond donors (Lipinski definition) is 4. The largest absolute Gasteiger partial charge is 0.480 e. The Morgan fingerprint density at radius 1 is 1.27 bits per heavy atom. The van der Waals surface area contributed by atoms with Gasteiger partial charge in [0.15, 0.2) is 5.60 Å². The molecule has 1 unspecified atom stereocenters. The van der Waals surface area contributed by atoms with Crippen molar-refractivity contribution in [3.63, 3.8) is 0 Å². The van der Waals surface area contributed by atoms with E-state index < -0.39 is 30.0 Å². The fraction of sp³-hybridized carbons (Fsp3) is 0.778. The summed E-state index contributed by atoms with van der Waals surface area (Å²) in [5, 5.41) is 27.1. The van der Waals surface area contributed by atoms with E-state index in [1.807, 2.05) is 0 Å². The smallest absolute Gasteiger partial charge is 0.335 e. The van der Waals surface area contributed by atoms with Crippen LogP contribution in [0.3, 0.4) is 0 Å². The quantitative estimate of drug-likeness (QED) is 0.484. The van der Waals surface area contributed by atoms with Gasteiger partial charge in [0.2, 0.25) is 0 Å². The van der Waals surface area contributed by atoms with Gasteiger partial charge in [-0.05, 0) is 12.3 Å². The number of aliphatic carboxylic acids is 2. The monoisotopic (exact) mass is 219 g/mol. The fourth-order valence-corrected chi connectivity index (χ4v) is 1.38. The molecule has 6 nitrogen and oxygen atoms in total. The van der Waals surface area contributed by atoms with Crippen LogP contribution >= 0.6 is 0 Å². The van der Waals surface area contributed by atoms with E-state index in [-0.39, 0.29) is 12.3 Å². The minimum absolute atomic E-state index is 0.0245. The lowest BCUT2D eigenvalue weighted by Gasteiger charge is -2.26. The highest BCUT2D eigenvalue weighted by Crippen LogP contribution is 2.22. The van der Waals surface area contributed by atoms with Crippen molar-refractivity contribution in [3.8, 4) is 0 Å². The maximum absolute atomic E-state index is 10.8. The summed E-state index contributed by atoms with van der Waals surface area (Å²) in [5.74, 6) is -2.82. The maximum atomic E-state index is 10.8. The number of carboxylic acids is 2. The van der Waals surface area contributed by atoms with Crippen LogP contribution in [0.5, 0.6) is 0 Å². The highest BCUT2D eigenvalue weighted by Gasteiger charge is 2.39. The molecule has 0 radical (unpaired) electrons. The first kappa shape index (κ1) is 13.9. The van der Waals surface area contributed by atoms with Gasteiger partial charge in [0.25, 0.3) is 0 Å². The van der Waals surface area contributed by atoms with Crippen LogP contribution in [0.1, 0.15) is 26.7 Å². The zero-order valence-corrected chi connectivity index (χ0v) is 8.80. The number of aliphatic hydroxyl groups is 1. The molecule has 0 saturated carbocycles. The first-order valence-corrected chi connectivity index (χ1v) is 4.63. The average molecular weight is 219 g/mol. The normalized spacial score (nSPS) is 17.1. The van der Waals surface area contributed by atoms with Crippen LogP contribution in [0.2, 0.25) is 0 Å². The second-order valence-corrected chi connectivity index (χ2v) is 4.08. The molecule has 0 amide bonds. The third kappa shape index (κ3) is 4.26. The Kier molecular flexibility index (Phi) is 4.70. The molecule has 0 fully saturated rings.